The van der Waals surface area contributed by atoms with Gasteiger partial charge < -0.3 is 15.2 Å². The predicted molar refractivity (Wildman–Crippen MR) is 61.6 cm³/mol. The molecule has 2 N–H and O–H groups in total. The maximum absolute atomic E-state index is 12.9. The molecule has 94 valence electrons. The summed E-state index contributed by atoms with van der Waals surface area (Å²) in [5, 5.41) is 11.9. The van der Waals surface area contributed by atoms with E-state index in [1.807, 2.05) is 13.8 Å². The van der Waals surface area contributed by atoms with Crippen LogP contribution >= 0.6 is 0 Å². The topological polar surface area (TPSA) is 58.6 Å². The quantitative estimate of drug-likeness (QED) is 0.795. The molecule has 4 nitrogen and oxygen atoms in total. The van der Waals surface area contributed by atoms with Gasteiger partial charge in [0.25, 0.3) is 0 Å². The molecule has 0 aliphatic rings. The molecule has 0 fully saturated rings. The molecule has 0 aliphatic heterocycles. The molecular formula is C12H16FNO3. The minimum Gasteiger partial charge on any atom is -0.478 e. The zero-order valence-corrected chi connectivity index (χ0v) is 9.81. The smallest absolute Gasteiger partial charge is 0.346 e. The normalized spacial score (nSPS) is 12.5. The van der Waals surface area contributed by atoms with Crippen LogP contribution in [0.5, 0.6) is 5.75 Å². The number of ether oxygens (including phenoxy) is 1. The summed E-state index contributed by atoms with van der Waals surface area (Å²) in [5.74, 6) is -1.33. The van der Waals surface area contributed by atoms with E-state index in [9.17, 15) is 9.18 Å². The fourth-order valence-corrected chi connectivity index (χ4v) is 1.23. The number of aliphatic carboxylic acids is 1. The first-order chi connectivity index (χ1) is 7.99. The van der Waals surface area contributed by atoms with E-state index >= 15 is 0 Å². The van der Waals surface area contributed by atoms with Gasteiger partial charge in [-0.25, -0.2) is 9.18 Å². The van der Waals surface area contributed by atoms with Crippen molar-refractivity contribution in [1.82, 2.24) is 5.32 Å². The van der Waals surface area contributed by atoms with Crippen LogP contribution in [-0.4, -0.2) is 29.8 Å². The molecule has 0 aromatic heterocycles. The first kappa shape index (κ1) is 13.4. The van der Waals surface area contributed by atoms with Crippen molar-refractivity contribution in [3.63, 3.8) is 0 Å². The molecule has 1 aromatic rings. The molecular weight excluding hydrogens is 225 g/mol. The van der Waals surface area contributed by atoms with Crippen LogP contribution in [0.4, 0.5) is 4.39 Å². The van der Waals surface area contributed by atoms with Gasteiger partial charge in [0.2, 0.25) is 6.10 Å². The van der Waals surface area contributed by atoms with Crippen molar-refractivity contribution in [2.45, 2.75) is 26.0 Å². The van der Waals surface area contributed by atoms with E-state index in [0.717, 1.165) is 6.07 Å². The van der Waals surface area contributed by atoms with Crippen LogP contribution < -0.4 is 10.1 Å². The second kappa shape index (κ2) is 6.20. The molecule has 0 spiro atoms. The molecule has 17 heavy (non-hydrogen) atoms. The number of hydrogen-bond donors (Lipinski definition) is 2. The number of rotatable bonds is 6. The summed E-state index contributed by atoms with van der Waals surface area (Å²) < 4.78 is 18.1. The lowest BCUT2D eigenvalue weighted by molar-refractivity contribution is -0.144. The molecule has 1 atom stereocenters. The number of carboxylic acids is 1. The van der Waals surface area contributed by atoms with Gasteiger partial charge in [-0.15, -0.1) is 0 Å². The third kappa shape index (κ3) is 4.82. The van der Waals surface area contributed by atoms with Crippen LogP contribution in [0.25, 0.3) is 0 Å². The van der Waals surface area contributed by atoms with Crippen molar-refractivity contribution in [3.8, 4) is 5.75 Å². The first-order valence-electron chi connectivity index (χ1n) is 5.37. The molecule has 0 bridgehead atoms. The zero-order valence-electron chi connectivity index (χ0n) is 9.81. The highest BCUT2D eigenvalue weighted by Crippen LogP contribution is 2.13. The first-order valence-corrected chi connectivity index (χ1v) is 5.37. The average molecular weight is 241 g/mol. The molecule has 0 aliphatic carbocycles. The SMILES string of the molecule is CC(C)NCC(Oc1cccc(F)c1)C(=O)O. The van der Waals surface area contributed by atoms with Crippen LogP contribution in [0.3, 0.4) is 0 Å². The maximum atomic E-state index is 12.9. The second-order valence-electron chi connectivity index (χ2n) is 3.97. The minimum atomic E-state index is -1.08. The Hall–Kier alpha value is -1.62. The molecule has 0 radical (unpaired) electrons. The van der Waals surface area contributed by atoms with Crippen molar-refractivity contribution >= 4 is 5.97 Å². The highest BCUT2D eigenvalue weighted by atomic mass is 19.1. The Balaban J connectivity index is 2.63. The monoisotopic (exact) mass is 241 g/mol. The molecule has 0 saturated carbocycles. The minimum absolute atomic E-state index is 0.160. The van der Waals surface area contributed by atoms with Gasteiger partial charge in [0.1, 0.15) is 11.6 Å². The van der Waals surface area contributed by atoms with E-state index in [-0.39, 0.29) is 18.3 Å². The molecule has 1 rings (SSSR count). The number of halogens is 1. The average Bonchev–Trinajstić information content (AvgIpc) is 2.23. The fraction of sp³-hybridized carbons (Fsp3) is 0.417. The molecule has 0 amide bonds. The molecule has 5 heteroatoms. The maximum Gasteiger partial charge on any atom is 0.346 e. The Morgan fingerprint density at radius 1 is 1.53 bits per heavy atom. The van der Waals surface area contributed by atoms with Gasteiger partial charge in [-0.3, -0.25) is 0 Å². The van der Waals surface area contributed by atoms with Gasteiger partial charge in [-0.2, -0.15) is 0 Å². The second-order valence-corrected chi connectivity index (χ2v) is 3.97. The number of carboxylic acid groups (broad SMARTS) is 1. The van der Waals surface area contributed by atoms with Gasteiger partial charge in [0.15, 0.2) is 0 Å². The number of hydrogen-bond acceptors (Lipinski definition) is 3. The molecule has 0 saturated heterocycles. The van der Waals surface area contributed by atoms with Crippen molar-refractivity contribution in [3.05, 3.63) is 30.1 Å². The Morgan fingerprint density at radius 2 is 2.24 bits per heavy atom. The summed E-state index contributed by atoms with van der Waals surface area (Å²) in [6, 6.07) is 5.58. The third-order valence-corrected chi connectivity index (χ3v) is 2.06. The van der Waals surface area contributed by atoms with E-state index in [2.05, 4.69) is 5.32 Å². The van der Waals surface area contributed by atoms with Crippen LogP contribution in [0.2, 0.25) is 0 Å². The summed E-state index contributed by atoms with van der Waals surface area (Å²) in [6.45, 7) is 3.98. The zero-order chi connectivity index (χ0) is 12.8. The predicted octanol–water partition coefficient (Wildman–Crippen LogP) is 1.66. The van der Waals surface area contributed by atoms with Gasteiger partial charge in [-0.1, -0.05) is 19.9 Å². The molecule has 0 heterocycles. The summed E-state index contributed by atoms with van der Waals surface area (Å²) in [5.41, 5.74) is 0. The van der Waals surface area contributed by atoms with Crippen LogP contribution in [0.1, 0.15) is 13.8 Å². The summed E-state index contributed by atoms with van der Waals surface area (Å²) in [6.07, 6.45) is -1.03. The number of carbonyl (C=O) groups is 1. The molecule has 1 aromatic carbocycles. The highest BCUT2D eigenvalue weighted by molar-refractivity contribution is 5.73. The fourth-order valence-electron chi connectivity index (χ4n) is 1.23. The van der Waals surface area contributed by atoms with E-state index in [1.165, 1.54) is 18.2 Å². The summed E-state index contributed by atoms with van der Waals surface area (Å²) in [4.78, 5) is 10.9. The van der Waals surface area contributed by atoms with Gasteiger partial charge in [-0.05, 0) is 12.1 Å². The van der Waals surface area contributed by atoms with Crippen molar-refractivity contribution < 1.29 is 19.0 Å². The Morgan fingerprint density at radius 3 is 2.76 bits per heavy atom. The van der Waals surface area contributed by atoms with E-state index in [4.69, 9.17) is 9.84 Å². The van der Waals surface area contributed by atoms with Gasteiger partial charge in [0.05, 0.1) is 0 Å². The van der Waals surface area contributed by atoms with Gasteiger partial charge in [0, 0.05) is 18.7 Å². The highest BCUT2D eigenvalue weighted by Gasteiger charge is 2.19. The Labute approximate surface area is 99.4 Å². The number of benzene rings is 1. The van der Waals surface area contributed by atoms with Crippen LogP contribution in [-0.2, 0) is 4.79 Å². The largest absolute Gasteiger partial charge is 0.478 e. The Kier molecular flexibility index (Phi) is 4.90. The third-order valence-electron chi connectivity index (χ3n) is 2.06. The van der Waals surface area contributed by atoms with Crippen LogP contribution in [0, 0.1) is 5.82 Å². The van der Waals surface area contributed by atoms with E-state index < -0.39 is 17.9 Å². The standard InChI is InChI=1S/C12H16FNO3/c1-8(2)14-7-11(12(15)16)17-10-5-3-4-9(13)6-10/h3-6,8,11,14H,7H2,1-2H3,(H,15,16). The van der Waals surface area contributed by atoms with Crippen molar-refractivity contribution in [2.24, 2.45) is 0 Å². The summed E-state index contributed by atoms with van der Waals surface area (Å²) in [7, 11) is 0. The van der Waals surface area contributed by atoms with E-state index in [1.54, 1.807) is 0 Å². The van der Waals surface area contributed by atoms with Crippen molar-refractivity contribution in [2.75, 3.05) is 6.54 Å². The van der Waals surface area contributed by atoms with Crippen molar-refractivity contribution in [1.29, 1.82) is 0 Å². The van der Waals surface area contributed by atoms with E-state index in [0.29, 0.717) is 0 Å². The number of nitrogens with one attached hydrogen (secondary N) is 1. The summed E-state index contributed by atoms with van der Waals surface area (Å²) >= 11 is 0. The van der Waals surface area contributed by atoms with Gasteiger partial charge >= 0.3 is 5.97 Å². The Bertz CT molecular complexity index is 382. The lowest BCUT2D eigenvalue weighted by atomic mass is 10.3. The van der Waals surface area contributed by atoms with Crippen LogP contribution in [0.15, 0.2) is 24.3 Å². The lowest BCUT2D eigenvalue weighted by Crippen LogP contribution is -2.40. The lowest BCUT2D eigenvalue weighted by Gasteiger charge is -2.17. The molecule has 1 unspecified atom stereocenters.